The Kier molecular flexibility index (Phi) is 4.80. The fourth-order valence-electron chi connectivity index (χ4n) is 2.56. The number of carbonyl (C=O) groups excluding carboxylic acids is 3. The third kappa shape index (κ3) is 3.44. The molecule has 1 aromatic carbocycles. The molecule has 1 N–H and O–H groups in total. The van der Waals surface area contributed by atoms with Crippen LogP contribution in [0.25, 0.3) is 0 Å². The molecule has 0 saturated heterocycles. The number of ether oxygens (including phenoxy) is 1. The highest BCUT2D eigenvalue weighted by Gasteiger charge is 2.23. The molecule has 0 saturated carbocycles. The topological polar surface area (TPSA) is 75.7 Å². The third-order valence-electron chi connectivity index (χ3n) is 3.70. The number of esters is 1. The number of amides is 2. The summed E-state index contributed by atoms with van der Waals surface area (Å²) in [6, 6.07) is 4.99. The first-order chi connectivity index (χ1) is 10.4. The van der Waals surface area contributed by atoms with Crippen molar-refractivity contribution in [3.05, 3.63) is 29.3 Å². The van der Waals surface area contributed by atoms with Gasteiger partial charge in [-0.1, -0.05) is 0 Å². The van der Waals surface area contributed by atoms with E-state index in [1.54, 1.807) is 30.0 Å². The maximum Gasteiger partial charge on any atom is 0.307 e. The van der Waals surface area contributed by atoms with E-state index >= 15 is 0 Å². The lowest BCUT2D eigenvalue weighted by Crippen LogP contribution is -2.34. The van der Waals surface area contributed by atoms with Crippen LogP contribution in [0.2, 0.25) is 0 Å². The van der Waals surface area contributed by atoms with Crippen LogP contribution >= 0.6 is 0 Å². The van der Waals surface area contributed by atoms with E-state index in [0.29, 0.717) is 12.1 Å². The maximum absolute atomic E-state index is 12.2. The number of benzene rings is 1. The lowest BCUT2D eigenvalue weighted by Gasteiger charge is -2.15. The molecule has 0 aliphatic carbocycles. The van der Waals surface area contributed by atoms with Crippen molar-refractivity contribution < 1.29 is 19.1 Å². The minimum Gasteiger partial charge on any atom is -0.469 e. The average Bonchev–Trinajstić information content (AvgIpc) is 2.89. The van der Waals surface area contributed by atoms with Crippen molar-refractivity contribution in [1.82, 2.24) is 5.32 Å². The predicted octanol–water partition coefficient (Wildman–Crippen LogP) is 1.28. The Morgan fingerprint density at radius 1 is 1.36 bits per heavy atom. The summed E-state index contributed by atoms with van der Waals surface area (Å²) >= 11 is 0. The van der Waals surface area contributed by atoms with Gasteiger partial charge in [0.1, 0.15) is 0 Å². The Morgan fingerprint density at radius 3 is 2.73 bits per heavy atom. The molecule has 0 fully saturated rings. The molecule has 118 valence electrons. The Bertz CT molecular complexity index is 612. The highest BCUT2D eigenvalue weighted by atomic mass is 16.5. The highest BCUT2D eigenvalue weighted by Crippen LogP contribution is 2.28. The van der Waals surface area contributed by atoms with E-state index < -0.39 is 0 Å². The highest BCUT2D eigenvalue weighted by molar-refractivity contribution is 5.98. The fourth-order valence-corrected chi connectivity index (χ4v) is 2.56. The molecule has 2 rings (SSSR count). The lowest BCUT2D eigenvalue weighted by molar-refractivity contribution is -0.141. The van der Waals surface area contributed by atoms with Crippen LogP contribution in [0.5, 0.6) is 0 Å². The van der Waals surface area contributed by atoms with Crippen LogP contribution in [0.15, 0.2) is 18.2 Å². The van der Waals surface area contributed by atoms with E-state index in [1.807, 2.05) is 0 Å². The van der Waals surface area contributed by atoms with Gasteiger partial charge in [-0.3, -0.25) is 14.4 Å². The number of anilines is 1. The summed E-state index contributed by atoms with van der Waals surface area (Å²) in [7, 11) is 1.32. The second-order valence-electron chi connectivity index (χ2n) is 5.42. The van der Waals surface area contributed by atoms with Crippen LogP contribution in [0.1, 0.15) is 36.2 Å². The first-order valence-corrected chi connectivity index (χ1v) is 7.21. The zero-order chi connectivity index (χ0) is 16.3. The molecule has 22 heavy (non-hydrogen) atoms. The minimum atomic E-state index is -0.362. The van der Waals surface area contributed by atoms with Crippen molar-refractivity contribution in [1.29, 1.82) is 0 Å². The van der Waals surface area contributed by atoms with Gasteiger partial charge in [-0.05, 0) is 37.1 Å². The minimum absolute atomic E-state index is 0.00246. The summed E-state index contributed by atoms with van der Waals surface area (Å²) in [6.07, 6.45) is 0.874. The van der Waals surface area contributed by atoms with Gasteiger partial charge >= 0.3 is 5.97 Å². The number of hydrogen-bond acceptors (Lipinski definition) is 4. The quantitative estimate of drug-likeness (QED) is 0.850. The van der Waals surface area contributed by atoms with Gasteiger partial charge in [-0.2, -0.15) is 0 Å². The van der Waals surface area contributed by atoms with Crippen LogP contribution in [-0.2, 0) is 20.7 Å². The third-order valence-corrected chi connectivity index (χ3v) is 3.70. The summed E-state index contributed by atoms with van der Waals surface area (Å²) in [6.45, 7) is 3.93. The van der Waals surface area contributed by atoms with Crippen LogP contribution in [-0.4, -0.2) is 37.5 Å². The Morgan fingerprint density at radius 2 is 2.09 bits per heavy atom. The molecule has 0 radical (unpaired) electrons. The summed E-state index contributed by atoms with van der Waals surface area (Å²) in [5, 5.41) is 2.77. The van der Waals surface area contributed by atoms with Crippen LogP contribution in [0.3, 0.4) is 0 Å². The van der Waals surface area contributed by atoms with Gasteiger partial charge in [0.2, 0.25) is 5.91 Å². The number of carbonyl (C=O) groups is 3. The maximum atomic E-state index is 12.2. The molecule has 1 atom stereocenters. The molecule has 2 amide bonds. The number of rotatable bonds is 4. The summed E-state index contributed by atoms with van der Waals surface area (Å²) in [4.78, 5) is 36.6. The van der Waals surface area contributed by atoms with Crippen molar-refractivity contribution in [2.75, 3.05) is 18.6 Å². The molecule has 1 heterocycles. The first kappa shape index (κ1) is 16.0. The van der Waals surface area contributed by atoms with E-state index in [1.165, 1.54) is 14.0 Å². The van der Waals surface area contributed by atoms with Crippen molar-refractivity contribution in [2.45, 2.75) is 32.7 Å². The van der Waals surface area contributed by atoms with Gasteiger partial charge in [0, 0.05) is 30.8 Å². The van der Waals surface area contributed by atoms with Crippen LogP contribution in [0.4, 0.5) is 5.69 Å². The second kappa shape index (κ2) is 6.60. The molecule has 1 unspecified atom stereocenters. The van der Waals surface area contributed by atoms with Gasteiger partial charge in [0.05, 0.1) is 13.5 Å². The van der Waals surface area contributed by atoms with E-state index in [-0.39, 0.29) is 30.2 Å². The average molecular weight is 304 g/mol. The number of nitrogens with zero attached hydrogens (tertiary/aromatic N) is 1. The van der Waals surface area contributed by atoms with Crippen molar-refractivity contribution in [2.24, 2.45) is 0 Å². The molecule has 6 heteroatoms. The van der Waals surface area contributed by atoms with Crippen LogP contribution in [0, 0.1) is 0 Å². The molecule has 0 spiro atoms. The van der Waals surface area contributed by atoms with Gasteiger partial charge < -0.3 is 15.0 Å². The van der Waals surface area contributed by atoms with Gasteiger partial charge in [-0.15, -0.1) is 0 Å². The molecule has 1 aliphatic rings. The van der Waals surface area contributed by atoms with Crippen molar-refractivity contribution in [3.63, 3.8) is 0 Å². The Balaban J connectivity index is 2.06. The fraction of sp³-hybridized carbons (Fsp3) is 0.438. The predicted molar refractivity (Wildman–Crippen MR) is 81.7 cm³/mol. The molecule has 0 bridgehead atoms. The summed E-state index contributed by atoms with van der Waals surface area (Å²) in [5.41, 5.74) is 2.39. The zero-order valence-electron chi connectivity index (χ0n) is 13.0. The second-order valence-corrected chi connectivity index (χ2v) is 5.42. The van der Waals surface area contributed by atoms with E-state index in [9.17, 15) is 14.4 Å². The largest absolute Gasteiger partial charge is 0.469 e. The number of hydrogen-bond donors (Lipinski definition) is 1. The van der Waals surface area contributed by atoms with Gasteiger partial charge in [0.15, 0.2) is 0 Å². The number of fused-ring (bicyclic) bond motifs is 1. The van der Waals surface area contributed by atoms with Crippen molar-refractivity contribution >= 4 is 23.5 Å². The first-order valence-electron chi connectivity index (χ1n) is 7.21. The van der Waals surface area contributed by atoms with E-state index in [4.69, 9.17) is 0 Å². The number of methoxy groups -OCH3 is 1. The van der Waals surface area contributed by atoms with E-state index in [0.717, 1.165) is 17.7 Å². The smallest absolute Gasteiger partial charge is 0.307 e. The number of nitrogens with one attached hydrogen (secondary N) is 1. The van der Waals surface area contributed by atoms with Gasteiger partial charge in [-0.25, -0.2) is 0 Å². The summed E-state index contributed by atoms with van der Waals surface area (Å²) < 4.78 is 4.58. The zero-order valence-corrected chi connectivity index (χ0v) is 13.0. The molecular formula is C16H20N2O4. The van der Waals surface area contributed by atoms with E-state index in [2.05, 4.69) is 10.1 Å². The van der Waals surface area contributed by atoms with Crippen LogP contribution < -0.4 is 10.2 Å². The Hall–Kier alpha value is -2.37. The normalized spacial score (nSPS) is 14.2. The molecule has 6 nitrogen and oxygen atoms in total. The molecular weight excluding hydrogens is 284 g/mol. The van der Waals surface area contributed by atoms with Crippen molar-refractivity contribution in [3.8, 4) is 0 Å². The molecule has 1 aromatic rings. The lowest BCUT2D eigenvalue weighted by atomic mass is 10.1. The monoisotopic (exact) mass is 304 g/mol. The molecule has 1 aliphatic heterocycles. The van der Waals surface area contributed by atoms with Gasteiger partial charge in [0.25, 0.3) is 5.91 Å². The SMILES string of the molecule is COC(=O)CC(C)NC(=O)c1ccc2c(c1)CCN2C(C)=O. The Labute approximate surface area is 129 Å². The molecule has 0 aromatic heterocycles. The standard InChI is InChI=1S/C16H20N2O4/c1-10(8-15(20)22-3)17-16(21)13-4-5-14-12(9-13)6-7-18(14)11(2)19/h4-5,9-10H,6-8H2,1-3H3,(H,17,21). The summed E-state index contributed by atoms with van der Waals surface area (Å²) in [5.74, 6) is -0.595.